The number of aliphatic hydroxyl groups is 1. The van der Waals surface area contributed by atoms with Gasteiger partial charge in [-0.15, -0.1) is 0 Å². The number of fused-ring (bicyclic) bond motifs is 1. The van der Waals surface area contributed by atoms with Crippen molar-refractivity contribution < 1.29 is 19.6 Å². The predicted molar refractivity (Wildman–Crippen MR) is 91.7 cm³/mol. The highest BCUT2D eigenvalue weighted by atomic mass is 16.6. The van der Waals surface area contributed by atoms with E-state index in [0.717, 1.165) is 25.9 Å². The summed E-state index contributed by atoms with van der Waals surface area (Å²) < 4.78 is 5.88. The number of carbonyl (C=O) groups is 1. The molecule has 3 rings (SSSR count). The zero-order valence-corrected chi connectivity index (χ0v) is 14.6. The number of rotatable bonds is 3. The first-order chi connectivity index (χ1) is 11.7. The fraction of sp³-hybridized carbons (Fsp3) is 0.588. The Balaban J connectivity index is 2.15. The van der Waals surface area contributed by atoms with Crippen molar-refractivity contribution in [2.75, 3.05) is 18.4 Å². The summed E-state index contributed by atoms with van der Waals surface area (Å²) in [5.74, 6) is -0.00798. The molecule has 0 radical (unpaired) electrons. The molecule has 136 valence electrons. The second-order valence-corrected chi connectivity index (χ2v) is 7.18. The summed E-state index contributed by atoms with van der Waals surface area (Å²) >= 11 is 0. The number of aliphatic hydroxyl groups excluding tert-OH is 1. The molecule has 0 saturated carbocycles. The van der Waals surface area contributed by atoms with Crippen LogP contribution < -0.4 is 10.1 Å². The molecule has 25 heavy (non-hydrogen) atoms. The Morgan fingerprint density at radius 3 is 2.60 bits per heavy atom. The minimum absolute atomic E-state index is 0.121. The van der Waals surface area contributed by atoms with Gasteiger partial charge in [-0.05, 0) is 45.8 Å². The van der Waals surface area contributed by atoms with Crippen LogP contribution in [0.2, 0.25) is 0 Å². The van der Waals surface area contributed by atoms with E-state index < -0.39 is 22.5 Å². The average Bonchev–Trinajstić information content (AvgIpc) is 3.01. The molecule has 2 N–H and O–H groups in total. The highest BCUT2D eigenvalue weighted by Gasteiger charge is 2.46. The molecule has 1 aromatic carbocycles. The Morgan fingerprint density at radius 2 is 2.04 bits per heavy atom. The SMILES string of the molecule is CC(=O)Nc1cc2c(cc1[N+](=O)[O-])OC(C)(C)[C@H](O)[C@H]2N1CCCC1. The summed E-state index contributed by atoms with van der Waals surface area (Å²) in [5.41, 5.74) is -0.302. The van der Waals surface area contributed by atoms with Crippen LogP contribution >= 0.6 is 0 Å². The number of nitrogens with zero attached hydrogens (tertiary/aromatic N) is 2. The van der Waals surface area contributed by atoms with Gasteiger partial charge >= 0.3 is 0 Å². The van der Waals surface area contributed by atoms with Gasteiger partial charge in [0, 0.05) is 12.5 Å². The van der Waals surface area contributed by atoms with E-state index in [2.05, 4.69) is 10.2 Å². The van der Waals surface area contributed by atoms with E-state index in [4.69, 9.17) is 4.74 Å². The Bertz CT molecular complexity index is 712. The van der Waals surface area contributed by atoms with Crippen LogP contribution in [0, 0.1) is 10.1 Å². The average molecular weight is 349 g/mol. The standard InChI is InChI=1S/C17H23N3O5/c1-10(21)18-12-8-11-14(9-13(12)20(23)24)25-17(2,3)16(22)15(11)19-6-4-5-7-19/h8-9,15-16,22H,4-7H2,1-3H3,(H,18,21)/t15-,16+/m0/s1. The molecule has 2 aliphatic rings. The molecular weight excluding hydrogens is 326 g/mol. The van der Waals surface area contributed by atoms with Crippen LogP contribution in [-0.4, -0.2) is 45.6 Å². The van der Waals surface area contributed by atoms with E-state index in [1.807, 2.05) is 0 Å². The van der Waals surface area contributed by atoms with Gasteiger partial charge in [0.25, 0.3) is 5.69 Å². The Kier molecular flexibility index (Phi) is 4.42. The van der Waals surface area contributed by atoms with Gasteiger partial charge in [0.1, 0.15) is 23.1 Å². The monoisotopic (exact) mass is 349 g/mol. The molecule has 1 amide bonds. The number of nitrogens with one attached hydrogen (secondary N) is 1. The van der Waals surface area contributed by atoms with Gasteiger partial charge in [-0.25, -0.2) is 0 Å². The molecule has 1 saturated heterocycles. The second-order valence-electron chi connectivity index (χ2n) is 7.18. The van der Waals surface area contributed by atoms with Crippen LogP contribution in [0.4, 0.5) is 11.4 Å². The Morgan fingerprint density at radius 1 is 1.40 bits per heavy atom. The zero-order chi connectivity index (χ0) is 18.4. The van der Waals surface area contributed by atoms with Crippen molar-refractivity contribution in [2.45, 2.75) is 51.4 Å². The fourth-order valence-corrected chi connectivity index (χ4v) is 3.66. The van der Waals surface area contributed by atoms with Crippen LogP contribution in [0.15, 0.2) is 12.1 Å². The molecule has 1 fully saturated rings. The van der Waals surface area contributed by atoms with Crippen molar-refractivity contribution in [3.8, 4) is 5.75 Å². The second kappa shape index (κ2) is 6.27. The lowest BCUT2D eigenvalue weighted by Gasteiger charge is -2.45. The number of likely N-dealkylation sites (tertiary alicyclic amines) is 1. The Hall–Kier alpha value is -2.19. The van der Waals surface area contributed by atoms with Crippen molar-refractivity contribution in [2.24, 2.45) is 0 Å². The number of benzene rings is 1. The minimum Gasteiger partial charge on any atom is -0.484 e. The first-order valence-corrected chi connectivity index (χ1v) is 8.42. The number of nitro groups is 1. The lowest BCUT2D eigenvalue weighted by molar-refractivity contribution is -0.384. The first kappa shape index (κ1) is 17.6. The summed E-state index contributed by atoms with van der Waals surface area (Å²) in [4.78, 5) is 24.5. The molecule has 8 heteroatoms. The summed E-state index contributed by atoms with van der Waals surface area (Å²) in [6.45, 7) is 6.55. The fourth-order valence-electron chi connectivity index (χ4n) is 3.66. The van der Waals surface area contributed by atoms with E-state index in [1.165, 1.54) is 13.0 Å². The molecule has 2 atom stereocenters. The lowest BCUT2D eigenvalue weighted by atomic mass is 9.85. The number of anilines is 1. The number of amides is 1. The molecule has 8 nitrogen and oxygen atoms in total. The molecule has 0 aromatic heterocycles. The summed E-state index contributed by atoms with van der Waals surface area (Å²) in [5, 5.41) is 24.8. The third-order valence-electron chi connectivity index (χ3n) is 4.87. The van der Waals surface area contributed by atoms with Gasteiger partial charge < -0.3 is 15.2 Å². The predicted octanol–water partition coefficient (Wildman–Crippen LogP) is 2.22. The van der Waals surface area contributed by atoms with Crippen LogP contribution in [0.5, 0.6) is 5.75 Å². The van der Waals surface area contributed by atoms with Crippen LogP contribution in [-0.2, 0) is 4.79 Å². The minimum atomic E-state index is -0.871. The summed E-state index contributed by atoms with van der Waals surface area (Å²) in [7, 11) is 0. The number of hydrogen-bond donors (Lipinski definition) is 2. The van der Waals surface area contributed by atoms with Gasteiger partial charge in [0.2, 0.25) is 5.91 Å². The van der Waals surface area contributed by atoms with E-state index in [1.54, 1.807) is 19.9 Å². The van der Waals surface area contributed by atoms with Crippen molar-refractivity contribution in [1.29, 1.82) is 0 Å². The highest BCUT2D eigenvalue weighted by molar-refractivity contribution is 5.91. The summed E-state index contributed by atoms with van der Waals surface area (Å²) in [6.07, 6.45) is 1.31. The maximum absolute atomic E-state index is 11.4. The molecule has 0 aliphatic carbocycles. The van der Waals surface area contributed by atoms with Crippen molar-refractivity contribution in [3.63, 3.8) is 0 Å². The van der Waals surface area contributed by atoms with Gasteiger partial charge in [-0.3, -0.25) is 19.8 Å². The highest BCUT2D eigenvalue weighted by Crippen LogP contribution is 2.47. The van der Waals surface area contributed by atoms with E-state index in [0.29, 0.717) is 11.3 Å². The Labute approximate surface area is 145 Å². The van der Waals surface area contributed by atoms with Crippen LogP contribution in [0.1, 0.15) is 45.2 Å². The smallest absolute Gasteiger partial charge is 0.296 e. The van der Waals surface area contributed by atoms with Gasteiger partial charge in [-0.1, -0.05) is 0 Å². The van der Waals surface area contributed by atoms with Crippen molar-refractivity contribution >= 4 is 17.3 Å². The van der Waals surface area contributed by atoms with Crippen molar-refractivity contribution in [3.05, 3.63) is 27.8 Å². The molecule has 0 unspecified atom stereocenters. The van der Waals surface area contributed by atoms with E-state index in [-0.39, 0.29) is 17.4 Å². The lowest BCUT2D eigenvalue weighted by Crippen LogP contribution is -2.53. The number of carbonyl (C=O) groups excluding carboxylic acids is 1. The van der Waals surface area contributed by atoms with Gasteiger partial charge in [0.05, 0.1) is 17.0 Å². The van der Waals surface area contributed by atoms with Crippen LogP contribution in [0.3, 0.4) is 0 Å². The maximum atomic E-state index is 11.4. The topological polar surface area (TPSA) is 105 Å². The largest absolute Gasteiger partial charge is 0.484 e. The molecule has 2 aliphatic heterocycles. The van der Waals surface area contributed by atoms with E-state index in [9.17, 15) is 20.0 Å². The van der Waals surface area contributed by atoms with Crippen molar-refractivity contribution in [1.82, 2.24) is 4.90 Å². The zero-order valence-electron chi connectivity index (χ0n) is 14.6. The number of hydrogen-bond acceptors (Lipinski definition) is 6. The maximum Gasteiger partial charge on any atom is 0.296 e. The molecule has 1 aromatic rings. The first-order valence-electron chi connectivity index (χ1n) is 8.42. The third kappa shape index (κ3) is 3.19. The summed E-state index contributed by atoms with van der Waals surface area (Å²) in [6, 6.07) is 2.59. The number of nitro benzene ring substituents is 1. The molecule has 0 spiro atoms. The van der Waals surface area contributed by atoms with Crippen LogP contribution in [0.25, 0.3) is 0 Å². The molecule has 0 bridgehead atoms. The normalized spacial score (nSPS) is 25.1. The van der Waals surface area contributed by atoms with E-state index >= 15 is 0 Å². The number of ether oxygens (including phenoxy) is 1. The molecule has 2 heterocycles. The van der Waals surface area contributed by atoms with Gasteiger partial charge in [-0.2, -0.15) is 0 Å². The third-order valence-corrected chi connectivity index (χ3v) is 4.87. The van der Waals surface area contributed by atoms with Gasteiger partial charge in [0.15, 0.2) is 0 Å². The quantitative estimate of drug-likeness (QED) is 0.640. The molecular formula is C17H23N3O5.